The third-order valence-corrected chi connectivity index (χ3v) is 5.70. The normalized spacial score (nSPS) is 17.6. The van der Waals surface area contributed by atoms with E-state index in [-0.39, 0.29) is 29.8 Å². The van der Waals surface area contributed by atoms with Gasteiger partial charge in [-0.3, -0.25) is 14.6 Å². The molecule has 32 heavy (non-hydrogen) atoms. The number of primary amides is 1. The average Bonchev–Trinajstić information content (AvgIpc) is 3.42. The van der Waals surface area contributed by atoms with Crippen LogP contribution in [-0.4, -0.2) is 53.1 Å². The third kappa shape index (κ3) is 4.03. The number of aromatic nitrogens is 1. The van der Waals surface area contributed by atoms with Crippen LogP contribution in [0, 0.1) is 10.8 Å². The fraction of sp³-hybridized carbons (Fsp3) is 0.364. The number of nitrogens with zero attached hydrogens (tertiary/aromatic N) is 4. The predicted octanol–water partition coefficient (Wildman–Crippen LogP) is 2.37. The summed E-state index contributed by atoms with van der Waals surface area (Å²) in [5.74, 6) is -0.599. The summed E-state index contributed by atoms with van der Waals surface area (Å²) in [6, 6.07) is 5.19. The van der Waals surface area contributed by atoms with Crippen LogP contribution in [-0.2, 0) is 4.79 Å². The molecule has 0 aliphatic carbocycles. The zero-order chi connectivity index (χ0) is 22.8. The molecule has 1 aromatic carbocycles. The van der Waals surface area contributed by atoms with Gasteiger partial charge in [-0.05, 0) is 36.7 Å². The lowest BCUT2D eigenvalue weighted by Gasteiger charge is -2.18. The molecule has 1 atom stereocenters. The van der Waals surface area contributed by atoms with E-state index in [0.717, 1.165) is 22.6 Å². The first kappa shape index (κ1) is 21.4. The number of aromatic amines is 1. The highest BCUT2D eigenvalue weighted by molar-refractivity contribution is 6.10. The number of amides is 2. The summed E-state index contributed by atoms with van der Waals surface area (Å²) in [6.07, 6.45) is 5.34. The molecule has 0 saturated carbocycles. The lowest BCUT2D eigenvalue weighted by molar-refractivity contribution is -0.450. The van der Waals surface area contributed by atoms with E-state index in [1.165, 1.54) is 6.92 Å². The highest BCUT2D eigenvalue weighted by Crippen LogP contribution is 2.31. The Hall–Kier alpha value is -3.82. The van der Waals surface area contributed by atoms with Crippen molar-refractivity contribution < 1.29 is 14.3 Å². The number of hydrogen-bond donors (Lipinski definition) is 3. The van der Waals surface area contributed by atoms with E-state index in [2.05, 4.69) is 26.6 Å². The molecule has 2 aliphatic rings. The zero-order valence-electron chi connectivity index (χ0n) is 18.1. The average molecular weight is 436 g/mol. The van der Waals surface area contributed by atoms with Crippen LogP contribution in [0.3, 0.4) is 0 Å². The van der Waals surface area contributed by atoms with Crippen LogP contribution in [0.4, 0.5) is 11.5 Å². The monoisotopic (exact) mass is 436 g/mol. The van der Waals surface area contributed by atoms with Gasteiger partial charge in [0.15, 0.2) is 6.54 Å². The van der Waals surface area contributed by atoms with Gasteiger partial charge in [-0.2, -0.15) is 5.10 Å². The first-order valence-electron chi connectivity index (χ1n) is 10.6. The molecule has 2 amide bonds. The molecule has 10 nitrogen and oxygen atoms in total. The molecule has 2 aliphatic heterocycles. The van der Waals surface area contributed by atoms with Gasteiger partial charge in [-0.25, -0.2) is 4.98 Å². The van der Waals surface area contributed by atoms with Crippen LogP contribution in [0.1, 0.15) is 37.0 Å². The zero-order valence-corrected chi connectivity index (χ0v) is 18.1. The van der Waals surface area contributed by atoms with Crippen LogP contribution in [0.25, 0.3) is 10.9 Å². The first-order chi connectivity index (χ1) is 15.4. The maximum atomic E-state index is 13.1. The number of hydrazone groups is 1. The second-order valence-corrected chi connectivity index (χ2v) is 7.84. The van der Waals surface area contributed by atoms with Gasteiger partial charge in [0, 0.05) is 49.1 Å². The summed E-state index contributed by atoms with van der Waals surface area (Å²) in [6.45, 7) is 4.57. The molecule has 0 radical (unpaired) electrons. The maximum absolute atomic E-state index is 13.1. The second-order valence-electron chi connectivity index (χ2n) is 7.84. The van der Waals surface area contributed by atoms with Crippen LogP contribution >= 0.6 is 0 Å². The number of carbonyl (C=O) groups is 2. The minimum atomic E-state index is -0.696. The Morgan fingerprint density at radius 1 is 1.34 bits per heavy atom. The Morgan fingerprint density at radius 3 is 2.81 bits per heavy atom. The van der Waals surface area contributed by atoms with Gasteiger partial charge in [0.25, 0.3) is 5.91 Å². The van der Waals surface area contributed by atoms with Crippen LogP contribution in [0.15, 0.2) is 40.1 Å². The van der Waals surface area contributed by atoms with E-state index in [9.17, 15) is 14.5 Å². The molecule has 0 saturated heterocycles. The Balaban J connectivity index is 1.65. The topological polar surface area (TPSA) is 136 Å². The number of aliphatic imine (C=N–C) groups is 1. The summed E-state index contributed by atoms with van der Waals surface area (Å²) in [5, 5.41) is 4.57. The lowest BCUT2D eigenvalue weighted by atomic mass is 10.0. The molecular formula is C22H26N7O3+. The largest absolute Gasteiger partial charge is 0.365 e. The van der Waals surface area contributed by atoms with Crippen molar-refractivity contribution in [2.24, 2.45) is 21.7 Å². The summed E-state index contributed by atoms with van der Waals surface area (Å²) in [5.41, 5.74) is 11.5. The number of nitrogens with one attached hydrogen (secondary N) is 2. The van der Waals surface area contributed by atoms with Crippen molar-refractivity contribution in [3.05, 3.63) is 40.4 Å². The summed E-state index contributed by atoms with van der Waals surface area (Å²) in [7, 11) is 0. The summed E-state index contributed by atoms with van der Waals surface area (Å²) < 4.78 is 0.727. The number of carbonyl (C=O) groups excluding carboxylic acids is 2. The van der Waals surface area contributed by atoms with E-state index < -0.39 is 5.91 Å². The van der Waals surface area contributed by atoms with Crippen molar-refractivity contribution in [1.82, 2.24) is 10.4 Å². The molecule has 1 unspecified atom stereocenters. The van der Waals surface area contributed by atoms with Gasteiger partial charge in [0.1, 0.15) is 11.1 Å². The number of benzene rings is 1. The summed E-state index contributed by atoms with van der Waals surface area (Å²) >= 11 is 0. The number of anilines is 1. The van der Waals surface area contributed by atoms with Crippen LogP contribution in [0.5, 0.6) is 0 Å². The standard InChI is InChI=1S/C22H25N7O3/c1-3-28(13(2)30)16-7-8-17-19(9-16)27-22(20(17)21(23)31)29(32)12-15-5-4-6-18(26-15)14-10-24-25-11-14/h6-10,14,25H,3-5,11-12H2,1-2H3,(H2-,23,27,31,32)/p+1. The second kappa shape index (κ2) is 8.74. The fourth-order valence-electron chi connectivity index (χ4n) is 4.15. The van der Waals surface area contributed by atoms with E-state index in [1.807, 2.05) is 13.1 Å². The molecule has 10 heteroatoms. The maximum Gasteiger partial charge on any atom is 0.332 e. The number of hydrogen-bond acceptors (Lipinski definition) is 6. The minimum absolute atomic E-state index is 0.0170. The minimum Gasteiger partial charge on any atom is -0.365 e. The number of nitroso groups, excluding NO2 is 1. The molecule has 0 bridgehead atoms. The summed E-state index contributed by atoms with van der Waals surface area (Å²) in [4.78, 5) is 46.5. The Kier molecular flexibility index (Phi) is 5.85. The van der Waals surface area contributed by atoms with Gasteiger partial charge in [-0.1, -0.05) is 11.0 Å². The molecule has 4 N–H and O–H groups in total. The molecule has 0 spiro atoms. The van der Waals surface area contributed by atoms with Gasteiger partial charge >= 0.3 is 5.82 Å². The molecule has 4 rings (SSSR count). The Morgan fingerprint density at radius 2 is 2.16 bits per heavy atom. The third-order valence-electron chi connectivity index (χ3n) is 5.70. The fourth-order valence-corrected chi connectivity index (χ4v) is 4.15. The van der Waals surface area contributed by atoms with Gasteiger partial charge in [0.05, 0.1) is 11.6 Å². The molecule has 166 valence electrons. The number of nitrogens with two attached hydrogens (primary N) is 1. The number of rotatable bonds is 7. The number of H-pyrrole nitrogens is 1. The van der Waals surface area contributed by atoms with Crippen LogP contribution in [0.2, 0.25) is 0 Å². The highest BCUT2D eigenvalue weighted by Gasteiger charge is 2.29. The van der Waals surface area contributed by atoms with Crippen molar-refractivity contribution in [2.45, 2.75) is 26.7 Å². The number of fused-ring (bicyclic) bond motifs is 1. The molecule has 1 aromatic heterocycles. The Bertz CT molecular complexity index is 1190. The van der Waals surface area contributed by atoms with E-state index in [0.29, 0.717) is 36.1 Å². The Labute approximate surface area is 184 Å². The molecule has 3 heterocycles. The first-order valence-corrected chi connectivity index (χ1v) is 10.6. The number of allylic oxidation sites excluding steroid dienone is 1. The van der Waals surface area contributed by atoms with Gasteiger partial charge in [-0.15, -0.1) is 0 Å². The highest BCUT2D eigenvalue weighted by atomic mass is 16.3. The van der Waals surface area contributed by atoms with Crippen molar-refractivity contribution in [3.8, 4) is 0 Å². The van der Waals surface area contributed by atoms with Gasteiger partial charge in [0.2, 0.25) is 5.91 Å². The predicted molar refractivity (Wildman–Crippen MR) is 123 cm³/mol. The molecular weight excluding hydrogens is 410 g/mol. The molecule has 2 aromatic rings. The van der Waals surface area contributed by atoms with Crippen molar-refractivity contribution >= 4 is 46.1 Å². The van der Waals surface area contributed by atoms with Crippen molar-refractivity contribution in [2.75, 3.05) is 24.5 Å². The van der Waals surface area contributed by atoms with Crippen LogP contribution < -0.4 is 16.1 Å². The SMILES string of the molecule is CCN(C(C)=O)c1ccc2c(C(N)=O)c([N+](=O)CC3=NC(C4C=NNC4)=CCC3)[nH]c2c1. The van der Waals surface area contributed by atoms with E-state index in [4.69, 9.17) is 5.73 Å². The van der Waals surface area contributed by atoms with Gasteiger partial charge < -0.3 is 16.1 Å². The quantitative estimate of drug-likeness (QED) is 0.574. The van der Waals surface area contributed by atoms with Crippen molar-refractivity contribution in [3.63, 3.8) is 0 Å². The van der Waals surface area contributed by atoms with E-state index in [1.54, 1.807) is 23.1 Å². The van der Waals surface area contributed by atoms with Crippen molar-refractivity contribution in [1.29, 1.82) is 0 Å². The van der Waals surface area contributed by atoms with E-state index >= 15 is 0 Å². The smallest absolute Gasteiger partial charge is 0.332 e. The molecule has 0 fully saturated rings. The lowest BCUT2D eigenvalue weighted by Crippen LogP contribution is -2.27.